The molecule has 0 saturated heterocycles. The Balaban J connectivity index is 1.83. The van der Waals surface area contributed by atoms with Gasteiger partial charge in [0.25, 0.3) is 0 Å². The molecule has 0 aliphatic heterocycles. The monoisotopic (exact) mass is 304 g/mol. The number of carbonyl (C=O) groups excluding carboxylic acids is 1. The Labute approximate surface area is 130 Å². The quantitative estimate of drug-likeness (QED) is 0.646. The standard InChI is InChI=1S/C17H22NO4/c18-11-13-1-6-14(7-2-13)17(21)22-15-8-3-12(4-9-15)5-10-16(19)20/h3-4,8-9,13-14,18H,1-2,5-7,10-11H2,(H,19,20). The molecule has 0 bridgehead atoms. The van der Waals surface area contributed by atoms with Gasteiger partial charge in [0, 0.05) is 13.0 Å². The highest BCUT2D eigenvalue weighted by molar-refractivity contribution is 5.75. The fraction of sp³-hybridized carbons (Fsp3) is 0.529. The number of carboxylic acid groups (broad SMARTS) is 1. The lowest BCUT2D eigenvalue weighted by Crippen LogP contribution is -2.26. The van der Waals surface area contributed by atoms with Crippen LogP contribution in [0, 0.1) is 11.8 Å². The molecule has 2 rings (SSSR count). The molecule has 5 heteroatoms. The number of esters is 1. The second kappa shape index (κ2) is 7.94. The van der Waals surface area contributed by atoms with Gasteiger partial charge >= 0.3 is 11.9 Å². The van der Waals surface area contributed by atoms with Gasteiger partial charge in [0.15, 0.2) is 0 Å². The zero-order chi connectivity index (χ0) is 15.9. The first-order chi connectivity index (χ1) is 10.6. The van der Waals surface area contributed by atoms with Crippen molar-refractivity contribution in [2.45, 2.75) is 38.5 Å². The van der Waals surface area contributed by atoms with E-state index in [-0.39, 0.29) is 18.3 Å². The molecule has 1 aliphatic carbocycles. The highest BCUT2D eigenvalue weighted by Gasteiger charge is 2.27. The number of hydrogen-bond donors (Lipinski definition) is 1. The second-order valence-electron chi connectivity index (χ2n) is 5.88. The number of ether oxygens (including phenoxy) is 1. The van der Waals surface area contributed by atoms with Gasteiger partial charge in [-0.05, 0) is 55.7 Å². The molecule has 0 aromatic heterocycles. The van der Waals surface area contributed by atoms with E-state index in [9.17, 15) is 9.59 Å². The summed E-state index contributed by atoms with van der Waals surface area (Å²) in [7, 11) is 0. The Morgan fingerprint density at radius 2 is 1.77 bits per heavy atom. The summed E-state index contributed by atoms with van der Waals surface area (Å²) in [4.78, 5) is 22.6. The molecule has 2 N–H and O–H groups in total. The SMILES string of the molecule is [NH]CC1CCC(C(=O)Oc2ccc(CCC(=O)O)cc2)CC1. The topological polar surface area (TPSA) is 87.4 Å². The molecule has 0 heterocycles. The molecular weight excluding hydrogens is 282 g/mol. The van der Waals surface area contributed by atoms with Crippen LogP contribution in [0.5, 0.6) is 5.75 Å². The average Bonchev–Trinajstić information content (AvgIpc) is 2.54. The first-order valence-corrected chi connectivity index (χ1v) is 7.75. The number of benzene rings is 1. The van der Waals surface area contributed by atoms with Crippen molar-refractivity contribution in [3.8, 4) is 5.75 Å². The summed E-state index contributed by atoms with van der Waals surface area (Å²) in [5.41, 5.74) is 8.29. The van der Waals surface area contributed by atoms with Gasteiger partial charge in [0.1, 0.15) is 5.75 Å². The molecule has 0 atom stereocenters. The van der Waals surface area contributed by atoms with E-state index in [2.05, 4.69) is 0 Å². The molecule has 1 aliphatic rings. The number of carboxylic acids is 1. The number of aliphatic carboxylic acids is 1. The summed E-state index contributed by atoms with van der Waals surface area (Å²) in [5, 5.41) is 8.65. The van der Waals surface area contributed by atoms with Gasteiger partial charge in [-0.2, -0.15) is 0 Å². The van der Waals surface area contributed by atoms with Gasteiger partial charge in [0.2, 0.25) is 0 Å². The molecule has 0 spiro atoms. The molecule has 0 unspecified atom stereocenters. The zero-order valence-electron chi connectivity index (χ0n) is 12.6. The lowest BCUT2D eigenvalue weighted by Gasteiger charge is -2.25. The predicted molar refractivity (Wildman–Crippen MR) is 81.4 cm³/mol. The summed E-state index contributed by atoms with van der Waals surface area (Å²) in [6, 6.07) is 7.01. The van der Waals surface area contributed by atoms with Gasteiger partial charge in [0.05, 0.1) is 5.92 Å². The predicted octanol–water partition coefficient (Wildman–Crippen LogP) is 2.70. The van der Waals surface area contributed by atoms with Crippen LogP contribution in [0.15, 0.2) is 24.3 Å². The number of rotatable bonds is 6. The summed E-state index contributed by atoms with van der Waals surface area (Å²) < 4.78 is 5.40. The molecule has 1 fully saturated rings. The summed E-state index contributed by atoms with van der Waals surface area (Å²) >= 11 is 0. The van der Waals surface area contributed by atoms with Crippen molar-refractivity contribution in [3.05, 3.63) is 29.8 Å². The smallest absolute Gasteiger partial charge is 0.314 e. The third-order valence-electron chi connectivity index (χ3n) is 4.24. The fourth-order valence-corrected chi connectivity index (χ4v) is 2.78. The van der Waals surface area contributed by atoms with Crippen LogP contribution in [0.4, 0.5) is 0 Å². The first kappa shape index (κ1) is 16.5. The Morgan fingerprint density at radius 3 is 2.32 bits per heavy atom. The molecule has 0 amide bonds. The Bertz CT molecular complexity index is 504. The third kappa shape index (κ3) is 4.84. The van der Waals surface area contributed by atoms with Crippen molar-refractivity contribution < 1.29 is 19.4 Å². The Hall–Kier alpha value is -1.88. The van der Waals surface area contributed by atoms with Gasteiger partial charge in [-0.3, -0.25) is 15.3 Å². The van der Waals surface area contributed by atoms with Crippen LogP contribution in [0.25, 0.3) is 0 Å². The van der Waals surface area contributed by atoms with Crippen LogP contribution < -0.4 is 10.5 Å². The summed E-state index contributed by atoms with van der Waals surface area (Å²) in [6.45, 7) is 0.444. The minimum Gasteiger partial charge on any atom is -0.481 e. The molecule has 119 valence electrons. The van der Waals surface area contributed by atoms with Crippen molar-refractivity contribution in [1.29, 1.82) is 0 Å². The second-order valence-corrected chi connectivity index (χ2v) is 5.88. The maximum Gasteiger partial charge on any atom is 0.314 e. The van der Waals surface area contributed by atoms with Crippen LogP contribution in [-0.2, 0) is 16.0 Å². The van der Waals surface area contributed by atoms with Crippen molar-refractivity contribution in [1.82, 2.24) is 5.73 Å². The Kier molecular flexibility index (Phi) is 5.95. The molecular formula is C17H22NO4. The van der Waals surface area contributed by atoms with Crippen molar-refractivity contribution >= 4 is 11.9 Å². The maximum absolute atomic E-state index is 12.1. The van der Waals surface area contributed by atoms with Gasteiger partial charge in [-0.25, -0.2) is 0 Å². The van der Waals surface area contributed by atoms with Crippen molar-refractivity contribution in [2.24, 2.45) is 11.8 Å². The van der Waals surface area contributed by atoms with E-state index in [1.165, 1.54) is 0 Å². The maximum atomic E-state index is 12.1. The lowest BCUT2D eigenvalue weighted by atomic mass is 9.82. The zero-order valence-corrected chi connectivity index (χ0v) is 12.6. The average molecular weight is 304 g/mol. The number of carbonyl (C=O) groups is 2. The largest absolute Gasteiger partial charge is 0.481 e. The lowest BCUT2D eigenvalue weighted by molar-refractivity contribution is -0.140. The third-order valence-corrected chi connectivity index (χ3v) is 4.24. The minimum atomic E-state index is -0.821. The normalized spacial score (nSPS) is 21.3. The van der Waals surface area contributed by atoms with E-state index in [1.807, 2.05) is 0 Å². The van der Waals surface area contributed by atoms with E-state index >= 15 is 0 Å². The fourth-order valence-electron chi connectivity index (χ4n) is 2.78. The summed E-state index contributed by atoms with van der Waals surface area (Å²) in [6.07, 6.45) is 4.03. The summed E-state index contributed by atoms with van der Waals surface area (Å²) in [5.74, 6) is -0.140. The van der Waals surface area contributed by atoms with Gasteiger partial charge in [-0.1, -0.05) is 12.1 Å². The van der Waals surface area contributed by atoms with E-state index in [4.69, 9.17) is 15.6 Å². The molecule has 22 heavy (non-hydrogen) atoms. The van der Waals surface area contributed by atoms with Crippen LogP contribution >= 0.6 is 0 Å². The van der Waals surface area contributed by atoms with E-state index in [0.29, 0.717) is 24.6 Å². The van der Waals surface area contributed by atoms with E-state index < -0.39 is 5.97 Å². The Morgan fingerprint density at radius 1 is 1.14 bits per heavy atom. The van der Waals surface area contributed by atoms with Crippen LogP contribution in [0.2, 0.25) is 0 Å². The van der Waals surface area contributed by atoms with Crippen LogP contribution in [-0.4, -0.2) is 23.6 Å². The molecule has 1 aromatic carbocycles. The molecule has 5 nitrogen and oxygen atoms in total. The van der Waals surface area contributed by atoms with Crippen molar-refractivity contribution in [3.63, 3.8) is 0 Å². The number of hydrogen-bond acceptors (Lipinski definition) is 3. The van der Waals surface area contributed by atoms with Gasteiger partial charge < -0.3 is 9.84 Å². The number of aryl methyl sites for hydroxylation is 1. The van der Waals surface area contributed by atoms with E-state index in [1.54, 1.807) is 24.3 Å². The van der Waals surface area contributed by atoms with E-state index in [0.717, 1.165) is 31.2 Å². The number of nitrogens with one attached hydrogen (secondary N) is 1. The molecule has 1 aromatic rings. The van der Waals surface area contributed by atoms with Crippen LogP contribution in [0.1, 0.15) is 37.7 Å². The van der Waals surface area contributed by atoms with Crippen LogP contribution in [0.3, 0.4) is 0 Å². The van der Waals surface area contributed by atoms with Crippen molar-refractivity contribution in [2.75, 3.05) is 6.54 Å². The highest BCUT2D eigenvalue weighted by Crippen LogP contribution is 2.29. The molecule has 1 radical (unpaired) electrons. The van der Waals surface area contributed by atoms with Gasteiger partial charge in [-0.15, -0.1) is 0 Å². The molecule has 1 saturated carbocycles. The minimum absolute atomic E-state index is 0.0607. The highest BCUT2D eigenvalue weighted by atomic mass is 16.5. The first-order valence-electron chi connectivity index (χ1n) is 7.75.